The fourth-order valence-electron chi connectivity index (χ4n) is 4.44. The Bertz CT molecular complexity index is 981. The normalized spacial score (nSPS) is 15.5. The smallest absolute Gasteiger partial charge is 0.223 e. The summed E-state index contributed by atoms with van der Waals surface area (Å²) in [5.41, 5.74) is 5.27. The Kier molecular flexibility index (Phi) is 6.53. The van der Waals surface area contributed by atoms with Crippen LogP contribution in [0.1, 0.15) is 43.0 Å². The molecule has 0 atom stereocenters. The van der Waals surface area contributed by atoms with E-state index in [0.717, 1.165) is 52.0 Å². The van der Waals surface area contributed by atoms with Gasteiger partial charge in [-0.05, 0) is 62.4 Å². The molecule has 1 saturated heterocycles. The molecular weight excluding hydrogens is 370 g/mol. The Balaban J connectivity index is 1.48. The molecule has 0 bridgehead atoms. The summed E-state index contributed by atoms with van der Waals surface area (Å²) in [6.07, 6.45) is 2.90. The quantitative estimate of drug-likeness (QED) is 0.619. The first-order valence-corrected chi connectivity index (χ1v) is 11.3. The molecule has 158 valence electrons. The molecule has 30 heavy (non-hydrogen) atoms. The van der Waals surface area contributed by atoms with E-state index in [1.54, 1.807) is 0 Å². The van der Waals surface area contributed by atoms with Crippen LogP contribution >= 0.6 is 0 Å². The number of para-hydroxylation sites is 1. The maximum atomic E-state index is 12.3. The summed E-state index contributed by atoms with van der Waals surface area (Å²) in [5.74, 6) is 0.413. The number of aromatic nitrogens is 1. The van der Waals surface area contributed by atoms with E-state index >= 15 is 0 Å². The van der Waals surface area contributed by atoms with Gasteiger partial charge in [-0.2, -0.15) is 0 Å². The zero-order chi connectivity index (χ0) is 20.9. The summed E-state index contributed by atoms with van der Waals surface area (Å²) in [6, 6.07) is 19.8. The molecule has 3 aromatic rings. The topological polar surface area (TPSA) is 37.3 Å². The Morgan fingerprint density at radius 1 is 1.03 bits per heavy atom. The van der Waals surface area contributed by atoms with Crippen molar-refractivity contribution in [2.75, 3.05) is 19.6 Å². The number of nitrogens with one attached hydrogen (secondary N) is 1. The number of benzene rings is 2. The molecule has 4 rings (SSSR count). The number of amides is 1. The van der Waals surface area contributed by atoms with Crippen molar-refractivity contribution >= 4 is 16.8 Å². The van der Waals surface area contributed by atoms with Gasteiger partial charge in [-0.1, -0.05) is 55.0 Å². The number of rotatable bonds is 7. The second-order valence-corrected chi connectivity index (χ2v) is 8.61. The van der Waals surface area contributed by atoms with Crippen molar-refractivity contribution < 1.29 is 4.79 Å². The zero-order valence-corrected chi connectivity index (χ0v) is 18.2. The Labute approximate surface area is 179 Å². The van der Waals surface area contributed by atoms with Gasteiger partial charge in [0.05, 0.1) is 0 Å². The van der Waals surface area contributed by atoms with Gasteiger partial charge in [0.25, 0.3) is 0 Å². The van der Waals surface area contributed by atoms with Crippen molar-refractivity contribution in [3.8, 4) is 0 Å². The predicted octanol–water partition coefficient (Wildman–Crippen LogP) is 4.74. The van der Waals surface area contributed by atoms with E-state index in [1.807, 2.05) is 0 Å². The van der Waals surface area contributed by atoms with Gasteiger partial charge < -0.3 is 9.88 Å². The minimum atomic E-state index is 0.172. The first-order valence-electron chi connectivity index (χ1n) is 11.3. The number of hydrogen-bond donors (Lipinski definition) is 1. The van der Waals surface area contributed by atoms with Gasteiger partial charge in [-0.3, -0.25) is 9.69 Å². The average Bonchev–Trinajstić information content (AvgIpc) is 3.11. The summed E-state index contributed by atoms with van der Waals surface area (Å²) in [6.45, 7) is 8.80. The molecular formula is C26H33N3O. The highest BCUT2D eigenvalue weighted by atomic mass is 16.1. The number of nitrogens with zero attached hydrogens (tertiary/aromatic N) is 2. The number of aryl methyl sites for hydroxylation is 1. The predicted molar refractivity (Wildman–Crippen MR) is 124 cm³/mol. The van der Waals surface area contributed by atoms with Crippen molar-refractivity contribution in [1.82, 2.24) is 14.8 Å². The number of fused-ring (bicyclic) bond motifs is 1. The SMILES string of the molecule is CCCNC(=O)C1CCN(Cc2cc3ccccc3n2Cc2ccc(C)cc2)CC1. The van der Waals surface area contributed by atoms with Gasteiger partial charge in [-0.15, -0.1) is 0 Å². The van der Waals surface area contributed by atoms with E-state index in [1.165, 1.54) is 27.7 Å². The molecule has 4 heteroatoms. The van der Waals surface area contributed by atoms with Crippen LogP contribution in [0.4, 0.5) is 0 Å². The van der Waals surface area contributed by atoms with Gasteiger partial charge in [0.15, 0.2) is 0 Å². The Morgan fingerprint density at radius 3 is 2.50 bits per heavy atom. The lowest BCUT2D eigenvalue weighted by atomic mass is 9.96. The lowest BCUT2D eigenvalue weighted by Crippen LogP contribution is -2.40. The molecule has 0 radical (unpaired) electrons. The molecule has 1 aromatic heterocycles. The molecule has 2 heterocycles. The lowest BCUT2D eigenvalue weighted by Gasteiger charge is -2.31. The molecule has 0 unspecified atom stereocenters. The first kappa shape index (κ1) is 20.7. The van der Waals surface area contributed by atoms with Gasteiger partial charge in [0, 0.05) is 36.8 Å². The third-order valence-electron chi connectivity index (χ3n) is 6.25. The van der Waals surface area contributed by atoms with Gasteiger partial charge in [-0.25, -0.2) is 0 Å². The zero-order valence-electron chi connectivity index (χ0n) is 18.2. The largest absolute Gasteiger partial charge is 0.356 e. The molecule has 1 amide bonds. The summed E-state index contributed by atoms with van der Waals surface area (Å²) in [5, 5.41) is 4.36. The molecule has 2 aromatic carbocycles. The van der Waals surface area contributed by atoms with Gasteiger partial charge in [0.2, 0.25) is 5.91 Å². The fourth-order valence-corrected chi connectivity index (χ4v) is 4.44. The molecule has 4 nitrogen and oxygen atoms in total. The molecule has 0 saturated carbocycles. The van der Waals surface area contributed by atoms with Crippen molar-refractivity contribution in [2.45, 2.75) is 46.2 Å². The summed E-state index contributed by atoms with van der Waals surface area (Å²) in [7, 11) is 0. The van der Waals surface area contributed by atoms with Gasteiger partial charge >= 0.3 is 0 Å². The highest BCUT2D eigenvalue weighted by Gasteiger charge is 2.25. The lowest BCUT2D eigenvalue weighted by molar-refractivity contribution is -0.126. The van der Waals surface area contributed by atoms with E-state index in [2.05, 4.69) is 83.2 Å². The number of carbonyl (C=O) groups excluding carboxylic acids is 1. The standard InChI is InChI=1S/C26H33N3O/c1-3-14-27-26(30)22-12-15-28(16-13-22)19-24-17-23-6-4-5-7-25(23)29(24)18-21-10-8-20(2)9-11-21/h4-11,17,22H,3,12-16,18-19H2,1-2H3,(H,27,30). The van der Waals surface area contributed by atoms with Crippen molar-refractivity contribution in [2.24, 2.45) is 5.92 Å². The highest BCUT2D eigenvalue weighted by molar-refractivity contribution is 5.81. The number of carbonyl (C=O) groups is 1. The van der Waals surface area contributed by atoms with Crippen LogP contribution < -0.4 is 5.32 Å². The molecule has 1 fully saturated rings. The molecule has 1 N–H and O–H groups in total. The second kappa shape index (κ2) is 9.48. The minimum Gasteiger partial charge on any atom is -0.356 e. The van der Waals surface area contributed by atoms with Crippen molar-refractivity contribution in [3.05, 3.63) is 71.4 Å². The summed E-state index contributed by atoms with van der Waals surface area (Å²) < 4.78 is 2.46. The molecule has 1 aliphatic rings. The maximum absolute atomic E-state index is 12.3. The van der Waals surface area contributed by atoms with Gasteiger partial charge in [0.1, 0.15) is 0 Å². The van der Waals surface area contributed by atoms with Crippen molar-refractivity contribution in [3.63, 3.8) is 0 Å². The monoisotopic (exact) mass is 403 g/mol. The van der Waals surface area contributed by atoms with Crippen LogP contribution in [0.3, 0.4) is 0 Å². The summed E-state index contributed by atoms with van der Waals surface area (Å²) in [4.78, 5) is 14.8. The Hall–Kier alpha value is -2.59. The fraction of sp³-hybridized carbons (Fsp3) is 0.423. The Morgan fingerprint density at radius 2 is 1.77 bits per heavy atom. The van der Waals surface area contributed by atoms with Crippen LogP contribution in [-0.4, -0.2) is 35.0 Å². The third-order valence-corrected chi connectivity index (χ3v) is 6.25. The molecule has 1 aliphatic heterocycles. The van der Waals surface area contributed by atoms with Crippen LogP contribution in [0.25, 0.3) is 10.9 Å². The summed E-state index contributed by atoms with van der Waals surface area (Å²) >= 11 is 0. The van der Waals surface area contributed by atoms with Crippen LogP contribution in [0, 0.1) is 12.8 Å². The highest BCUT2D eigenvalue weighted by Crippen LogP contribution is 2.25. The van der Waals surface area contributed by atoms with Crippen LogP contribution in [0.5, 0.6) is 0 Å². The second-order valence-electron chi connectivity index (χ2n) is 8.61. The van der Waals surface area contributed by atoms with E-state index < -0.39 is 0 Å². The van der Waals surface area contributed by atoms with Crippen LogP contribution in [0.2, 0.25) is 0 Å². The van der Waals surface area contributed by atoms with E-state index in [-0.39, 0.29) is 11.8 Å². The van der Waals surface area contributed by atoms with E-state index in [4.69, 9.17) is 0 Å². The first-order chi connectivity index (χ1) is 14.6. The molecule has 0 spiro atoms. The minimum absolute atomic E-state index is 0.172. The molecule has 0 aliphatic carbocycles. The average molecular weight is 404 g/mol. The maximum Gasteiger partial charge on any atom is 0.223 e. The van der Waals surface area contributed by atoms with Crippen LogP contribution in [0.15, 0.2) is 54.6 Å². The number of likely N-dealkylation sites (tertiary alicyclic amines) is 1. The number of hydrogen-bond acceptors (Lipinski definition) is 2. The third kappa shape index (κ3) is 4.76. The van der Waals surface area contributed by atoms with E-state index in [0.29, 0.717) is 0 Å². The van der Waals surface area contributed by atoms with E-state index in [9.17, 15) is 4.79 Å². The number of piperidine rings is 1. The van der Waals surface area contributed by atoms with Crippen molar-refractivity contribution in [1.29, 1.82) is 0 Å². The van der Waals surface area contributed by atoms with Crippen LogP contribution in [-0.2, 0) is 17.9 Å².